The molecule has 0 spiro atoms. The van der Waals surface area contributed by atoms with E-state index in [0.717, 1.165) is 6.42 Å². The number of aliphatic hydroxyl groups excluding tert-OH is 1. The van der Waals surface area contributed by atoms with Crippen molar-refractivity contribution in [3.8, 4) is 0 Å². The van der Waals surface area contributed by atoms with Crippen molar-refractivity contribution in [3.63, 3.8) is 0 Å². The first-order valence-electron chi connectivity index (χ1n) is 4.89. The summed E-state index contributed by atoms with van der Waals surface area (Å²) in [6.45, 7) is 2.53. The molecule has 1 aromatic heterocycles. The number of aromatic nitrogens is 2. The molecule has 1 fully saturated rings. The average Bonchev–Trinajstić information content (AvgIpc) is 2.84. The Morgan fingerprint density at radius 2 is 2.53 bits per heavy atom. The number of likely N-dealkylation sites (tertiary alicyclic amines) is 1. The fourth-order valence-electron chi connectivity index (χ4n) is 1.77. The maximum Gasteiger partial charge on any atom is 0.248 e. The third-order valence-electron chi connectivity index (χ3n) is 2.57. The van der Waals surface area contributed by atoms with Crippen molar-refractivity contribution < 1.29 is 14.4 Å². The Kier molecular flexibility index (Phi) is 2.68. The number of rotatable bonds is 2. The van der Waals surface area contributed by atoms with E-state index in [4.69, 9.17) is 9.63 Å². The summed E-state index contributed by atoms with van der Waals surface area (Å²) in [5.41, 5.74) is 0. The molecular weight excluding hydrogens is 198 g/mol. The molecule has 2 rings (SSSR count). The molecule has 1 aliphatic heterocycles. The maximum atomic E-state index is 11.2. The molecule has 0 aliphatic carbocycles. The number of carbonyl (C=O) groups excluding carboxylic acids is 1. The summed E-state index contributed by atoms with van der Waals surface area (Å²) in [7, 11) is 0. The molecule has 0 aromatic carbocycles. The highest BCUT2D eigenvalue weighted by atomic mass is 16.5. The van der Waals surface area contributed by atoms with E-state index in [1.54, 1.807) is 11.8 Å². The van der Waals surface area contributed by atoms with Gasteiger partial charge in [-0.25, -0.2) is 0 Å². The van der Waals surface area contributed by atoms with Crippen molar-refractivity contribution in [2.45, 2.75) is 19.3 Å². The number of nitrogens with zero attached hydrogens (tertiary/aromatic N) is 3. The zero-order valence-electron chi connectivity index (χ0n) is 8.51. The van der Waals surface area contributed by atoms with Gasteiger partial charge in [0.05, 0.1) is 5.92 Å². The molecule has 0 saturated carbocycles. The minimum atomic E-state index is -0.435. The molecular formula is C9H13N3O3. The normalized spacial score (nSPS) is 20.9. The van der Waals surface area contributed by atoms with Crippen LogP contribution in [0.5, 0.6) is 0 Å². The lowest BCUT2D eigenvalue weighted by Gasteiger charge is -2.13. The van der Waals surface area contributed by atoms with Gasteiger partial charge in [0.25, 0.3) is 0 Å². The second kappa shape index (κ2) is 3.98. The van der Waals surface area contributed by atoms with Gasteiger partial charge in [-0.15, -0.1) is 0 Å². The van der Waals surface area contributed by atoms with Crippen molar-refractivity contribution >= 4 is 5.91 Å². The van der Waals surface area contributed by atoms with E-state index in [-0.39, 0.29) is 11.8 Å². The minimum Gasteiger partial charge on any atom is -0.387 e. The quantitative estimate of drug-likeness (QED) is 0.725. The summed E-state index contributed by atoms with van der Waals surface area (Å²) in [6.07, 6.45) is 0.813. The van der Waals surface area contributed by atoms with E-state index in [0.29, 0.717) is 24.8 Å². The minimum absolute atomic E-state index is 0.113. The molecule has 82 valence electrons. The third-order valence-corrected chi connectivity index (χ3v) is 2.57. The fraction of sp³-hybridized carbons (Fsp3) is 0.667. The van der Waals surface area contributed by atoms with Gasteiger partial charge < -0.3 is 14.5 Å². The largest absolute Gasteiger partial charge is 0.387 e. The van der Waals surface area contributed by atoms with Crippen LogP contribution in [0, 0.1) is 6.92 Å². The van der Waals surface area contributed by atoms with Crippen LogP contribution in [0.25, 0.3) is 0 Å². The predicted octanol–water partition coefficient (Wildman–Crippen LogP) is -0.314. The second-order valence-electron chi connectivity index (χ2n) is 3.66. The molecule has 6 heteroatoms. The van der Waals surface area contributed by atoms with E-state index < -0.39 is 6.61 Å². The number of carbonyl (C=O) groups is 1. The topological polar surface area (TPSA) is 79.5 Å². The first-order chi connectivity index (χ1) is 7.20. The first-order valence-corrected chi connectivity index (χ1v) is 4.89. The number of aryl methyl sites for hydroxylation is 1. The van der Waals surface area contributed by atoms with Crippen LogP contribution < -0.4 is 0 Å². The Bertz CT molecular complexity index is 363. The standard InChI is InChI=1S/C9H13N3O3/c1-6-10-9(15-11-6)7-2-3-12(4-7)8(14)5-13/h7,13H,2-5H2,1H3/t7-/m1/s1. The van der Waals surface area contributed by atoms with Crippen LogP contribution >= 0.6 is 0 Å². The number of hydrogen-bond donors (Lipinski definition) is 1. The second-order valence-corrected chi connectivity index (χ2v) is 3.66. The molecule has 1 amide bonds. The highest BCUT2D eigenvalue weighted by Gasteiger charge is 2.30. The first kappa shape index (κ1) is 10.1. The highest BCUT2D eigenvalue weighted by molar-refractivity contribution is 5.77. The van der Waals surface area contributed by atoms with Gasteiger partial charge in [0.15, 0.2) is 5.82 Å². The van der Waals surface area contributed by atoms with Gasteiger partial charge >= 0.3 is 0 Å². The Morgan fingerprint density at radius 1 is 1.73 bits per heavy atom. The molecule has 1 saturated heterocycles. The van der Waals surface area contributed by atoms with Crippen molar-refractivity contribution in [2.24, 2.45) is 0 Å². The van der Waals surface area contributed by atoms with Crippen molar-refractivity contribution in [1.29, 1.82) is 0 Å². The third kappa shape index (κ3) is 1.99. The van der Waals surface area contributed by atoms with Crippen LogP contribution in [-0.2, 0) is 4.79 Å². The van der Waals surface area contributed by atoms with Gasteiger partial charge in [-0.3, -0.25) is 4.79 Å². The molecule has 1 atom stereocenters. The number of amides is 1. The number of hydrogen-bond acceptors (Lipinski definition) is 5. The van der Waals surface area contributed by atoms with Crippen LogP contribution in [0.1, 0.15) is 24.1 Å². The van der Waals surface area contributed by atoms with Crippen molar-refractivity contribution in [2.75, 3.05) is 19.7 Å². The summed E-state index contributed by atoms with van der Waals surface area (Å²) < 4.78 is 5.05. The Labute approximate surface area is 86.9 Å². The number of aliphatic hydroxyl groups is 1. The van der Waals surface area contributed by atoms with E-state index in [9.17, 15) is 4.79 Å². The van der Waals surface area contributed by atoms with E-state index in [1.165, 1.54) is 0 Å². The summed E-state index contributed by atoms with van der Waals surface area (Å²) >= 11 is 0. The lowest BCUT2D eigenvalue weighted by molar-refractivity contribution is -0.133. The van der Waals surface area contributed by atoms with Gasteiger partial charge in [0.1, 0.15) is 6.61 Å². The molecule has 2 heterocycles. The molecule has 0 unspecified atom stereocenters. The summed E-state index contributed by atoms with van der Waals surface area (Å²) in [6, 6.07) is 0. The monoisotopic (exact) mass is 211 g/mol. The summed E-state index contributed by atoms with van der Waals surface area (Å²) in [4.78, 5) is 17.0. The zero-order chi connectivity index (χ0) is 10.8. The highest BCUT2D eigenvalue weighted by Crippen LogP contribution is 2.25. The van der Waals surface area contributed by atoms with E-state index >= 15 is 0 Å². The molecule has 1 aromatic rings. The Balaban J connectivity index is 2.01. The van der Waals surface area contributed by atoms with Gasteiger partial charge in [0.2, 0.25) is 11.8 Å². The lowest BCUT2D eigenvalue weighted by atomic mass is 10.1. The summed E-state index contributed by atoms with van der Waals surface area (Å²) in [5, 5.41) is 12.4. The van der Waals surface area contributed by atoms with Gasteiger partial charge in [0, 0.05) is 13.1 Å². The smallest absolute Gasteiger partial charge is 0.248 e. The molecule has 15 heavy (non-hydrogen) atoms. The van der Waals surface area contributed by atoms with Crippen LogP contribution in [0.2, 0.25) is 0 Å². The molecule has 0 radical (unpaired) electrons. The summed E-state index contributed by atoms with van der Waals surface area (Å²) in [5.74, 6) is 1.06. The fourth-order valence-corrected chi connectivity index (χ4v) is 1.77. The van der Waals surface area contributed by atoms with Crippen LogP contribution in [0.15, 0.2) is 4.52 Å². The zero-order valence-corrected chi connectivity index (χ0v) is 8.51. The van der Waals surface area contributed by atoms with Gasteiger partial charge in [-0.1, -0.05) is 5.16 Å². The van der Waals surface area contributed by atoms with Crippen LogP contribution in [0.3, 0.4) is 0 Å². The van der Waals surface area contributed by atoms with Crippen LogP contribution in [-0.4, -0.2) is 45.8 Å². The Hall–Kier alpha value is -1.43. The SMILES string of the molecule is Cc1noc([C@@H]2CCN(C(=O)CO)C2)n1. The molecule has 1 aliphatic rings. The van der Waals surface area contributed by atoms with E-state index in [1.807, 2.05) is 0 Å². The predicted molar refractivity (Wildman–Crippen MR) is 50.1 cm³/mol. The van der Waals surface area contributed by atoms with E-state index in [2.05, 4.69) is 10.1 Å². The van der Waals surface area contributed by atoms with Gasteiger partial charge in [-0.2, -0.15) is 4.98 Å². The van der Waals surface area contributed by atoms with Crippen molar-refractivity contribution in [1.82, 2.24) is 15.0 Å². The van der Waals surface area contributed by atoms with Gasteiger partial charge in [-0.05, 0) is 13.3 Å². The molecule has 0 bridgehead atoms. The van der Waals surface area contributed by atoms with Crippen molar-refractivity contribution in [3.05, 3.63) is 11.7 Å². The molecule has 6 nitrogen and oxygen atoms in total. The molecule has 1 N–H and O–H groups in total. The average molecular weight is 211 g/mol. The lowest BCUT2D eigenvalue weighted by Crippen LogP contribution is -2.30. The van der Waals surface area contributed by atoms with Crippen LogP contribution in [0.4, 0.5) is 0 Å². The maximum absolute atomic E-state index is 11.2. The Morgan fingerprint density at radius 3 is 3.13 bits per heavy atom.